The average Bonchev–Trinajstić information content (AvgIpc) is 2.26. The van der Waals surface area contributed by atoms with E-state index in [9.17, 15) is 5.11 Å². The van der Waals surface area contributed by atoms with Crippen LogP contribution in [0.5, 0.6) is 0 Å². The van der Waals surface area contributed by atoms with Gasteiger partial charge in [-0.3, -0.25) is 0 Å². The number of hydrogen-bond acceptors (Lipinski definition) is 3. The van der Waals surface area contributed by atoms with Crippen LogP contribution in [0, 0.1) is 23.2 Å². The summed E-state index contributed by atoms with van der Waals surface area (Å²) >= 11 is 0. The van der Waals surface area contributed by atoms with Gasteiger partial charge < -0.3 is 10.4 Å². The van der Waals surface area contributed by atoms with Crippen LogP contribution in [0.4, 0.5) is 0 Å². The van der Waals surface area contributed by atoms with E-state index in [0.717, 1.165) is 13.0 Å². The molecule has 2 N–H and O–H groups in total. The molecule has 1 fully saturated rings. The van der Waals surface area contributed by atoms with Crippen molar-refractivity contribution in [2.45, 2.75) is 38.6 Å². The van der Waals surface area contributed by atoms with Crippen molar-refractivity contribution < 1.29 is 5.11 Å². The van der Waals surface area contributed by atoms with Crippen molar-refractivity contribution in [3.63, 3.8) is 0 Å². The largest absolute Gasteiger partial charge is 0.396 e. The molecule has 3 heteroatoms. The minimum absolute atomic E-state index is 0.0729. The zero-order valence-electron chi connectivity index (χ0n) is 8.87. The van der Waals surface area contributed by atoms with Crippen molar-refractivity contribution in [2.75, 3.05) is 13.2 Å². The number of nitriles is 1. The van der Waals surface area contributed by atoms with Gasteiger partial charge in [0.1, 0.15) is 0 Å². The summed E-state index contributed by atoms with van der Waals surface area (Å²) in [5.74, 6) is 1.01. The highest BCUT2D eigenvalue weighted by Gasteiger charge is 2.24. The Labute approximate surface area is 86.1 Å². The third kappa shape index (κ3) is 3.28. The second-order valence-corrected chi connectivity index (χ2v) is 4.25. The SMILES string of the molecule is CC(C#N)NCC1CCCCC1CO. The molecule has 0 aromatic heterocycles. The number of nitrogens with one attached hydrogen (secondary N) is 1. The van der Waals surface area contributed by atoms with E-state index < -0.39 is 0 Å². The fourth-order valence-electron chi connectivity index (χ4n) is 2.17. The molecule has 0 bridgehead atoms. The summed E-state index contributed by atoms with van der Waals surface area (Å²) in [7, 11) is 0. The molecule has 80 valence electrons. The quantitative estimate of drug-likeness (QED) is 0.712. The Balaban J connectivity index is 2.30. The standard InChI is InChI=1S/C11H20N2O/c1-9(6-12)13-7-10-4-2-3-5-11(10)8-14/h9-11,13-14H,2-5,7-8H2,1H3. The van der Waals surface area contributed by atoms with E-state index in [0.29, 0.717) is 18.4 Å². The van der Waals surface area contributed by atoms with Gasteiger partial charge in [0, 0.05) is 6.61 Å². The molecule has 1 aliphatic rings. The predicted octanol–water partition coefficient (Wildman–Crippen LogP) is 1.29. The van der Waals surface area contributed by atoms with E-state index in [4.69, 9.17) is 5.26 Å². The maximum absolute atomic E-state index is 9.19. The fraction of sp³-hybridized carbons (Fsp3) is 0.909. The molecular formula is C11H20N2O. The van der Waals surface area contributed by atoms with E-state index >= 15 is 0 Å². The van der Waals surface area contributed by atoms with Crippen molar-refractivity contribution in [3.8, 4) is 6.07 Å². The lowest BCUT2D eigenvalue weighted by molar-refractivity contribution is 0.132. The molecule has 14 heavy (non-hydrogen) atoms. The summed E-state index contributed by atoms with van der Waals surface area (Å²) in [5, 5.41) is 21.0. The third-order valence-corrected chi connectivity index (χ3v) is 3.18. The van der Waals surface area contributed by atoms with Crippen molar-refractivity contribution in [1.29, 1.82) is 5.26 Å². The van der Waals surface area contributed by atoms with Crippen LogP contribution in [-0.4, -0.2) is 24.3 Å². The Bertz CT molecular complexity index is 200. The molecule has 0 aromatic carbocycles. The molecule has 3 atom stereocenters. The van der Waals surface area contributed by atoms with Gasteiger partial charge in [-0.1, -0.05) is 12.8 Å². The van der Waals surface area contributed by atoms with Crippen LogP contribution in [0.25, 0.3) is 0 Å². The first-order chi connectivity index (χ1) is 6.77. The zero-order chi connectivity index (χ0) is 10.4. The number of aliphatic hydroxyl groups is 1. The molecule has 0 radical (unpaired) electrons. The number of hydrogen-bond donors (Lipinski definition) is 2. The van der Waals surface area contributed by atoms with E-state index in [1.165, 1.54) is 19.3 Å². The number of nitrogens with zero attached hydrogens (tertiary/aromatic N) is 1. The first-order valence-corrected chi connectivity index (χ1v) is 5.51. The Morgan fingerprint density at radius 2 is 2.07 bits per heavy atom. The van der Waals surface area contributed by atoms with Gasteiger partial charge in [-0.25, -0.2) is 0 Å². The fourth-order valence-corrected chi connectivity index (χ4v) is 2.17. The predicted molar refractivity (Wildman–Crippen MR) is 55.6 cm³/mol. The van der Waals surface area contributed by atoms with Gasteiger partial charge in [0.15, 0.2) is 0 Å². The van der Waals surface area contributed by atoms with Crippen molar-refractivity contribution in [3.05, 3.63) is 0 Å². The van der Waals surface area contributed by atoms with Crippen molar-refractivity contribution in [2.24, 2.45) is 11.8 Å². The molecule has 3 nitrogen and oxygen atoms in total. The van der Waals surface area contributed by atoms with Crippen LogP contribution < -0.4 is 5.32 Å². The number of aliphatic hydroxyl groups excluding tert-OH is 1. The summed E-state index contributed by atoms with van der Waals surface area (Å²) < 4.78 is 0. The van der Waals surface area contributed by atoms with Crippen LogP contribution in [-0.2, 0) is 0 Å². The van der Waals surface area contributed by atoms with Crippen LogP contribution in [0.3, 0.4) is 0 Å². The Morgan fingerprint density at radius 3 is 2.64 bits per heavy atom. The molecule has 1 aliphatic carbocycles. The minimum Gasteiger partial charge on any atom is -0.396 e. The highest BCUT2D eigenvalue weighted by molar-refractivity contribution is 4.87. The highest BCUT2D eigenvalue weighted by atomic mass is 16.3. The smallest absolute Gasteiger partial charge is 0.0924 e. The zero-order valence-corrected chi connectivity index (χ0v) is 8.87. The molecule has 0 spiro atoms. The van der Waals surface area contributed by atoms with Crippen LogP contribution in [0.1, 0.15) is 32.6 Å². The second-order valence-electron chi connectivity index (χ2n) is 4.25. The molecule has 0 heterocycles. The average molecular weight is 196 g/mol. The second kappa shape index (κ2) is 6.00. The van der Waals surface area contributed by atoms with E-state index in [1.54, 1.807) is 0 Å². The van der Waals surface area contributed by atoms with Gasteiger partial charge in [0.2, 0.25) is 0 Å². The van der Waals surface area contributed by atoms with Gasteiger partial charge in [-0.15, -0.1) is 0 Å². The molecular weight excluding hydrogens is 176 g/mol. The molecule has 0 aromatic rings. The van der Waals surface area contributed by atoms with Crippen LogP contribution in [0.2, 0.25) is 0 Å². The van der Waals surface area contributed by atoms with Crippen LogP contribution >= 0.6 is 0 Å². The van der Waals surface area contributed by atoms with Gasteiger partial charge in [-0.05, 0) is 38.1 Å². The molecule has 0 saturated heterocycles. The highest BCUT2D eigenvalue weighted by Crippen LogP contribution is 2.29. The van der Waals surface area contributed by atoms with E-state index in [-0.39, 0.29) is 6.04 Å². The monoisotopic (exact) mass is 196 g/mol. The first kappa shape index (κ1) is 11.5. The van der Waals surface area contributed by atoms with Crippen molar-refractivity contribution >= 4 is 0 Å². The molecule has 0 amide bonds. The maximum Gasteiger partial charge on any atom is 0.0924 e. The summed E-state index contributed by atoms with van der Waals surface area (Å²) in [6.07, 6.45) is 4.85. The summed E-state index contributed by atoms with van der Waals surface area (Å²) in [6.45, 7) is 3.05. The summed E-state index contributed by atoms with van der Waals surface area (Å²) in [5.41, 5.74) is 0. The lowest BCUT2D eigenvalue weighted by Gasteiger charge is -2.30. The Hall–Kier alpha value is -0.590. The normalized spacial score (nSPS) is 29.5. The molecule has 1 rings (SSSR count). The lowest BCUT2D eigenvalue weighted by atomic mass is 9.79. The van der Waals surface area contributed by atoms with Gasteiger partial charge >= 0.3 is 0 Å². The van der Waals surface area contributed by atoms with Gasteiger partial charge in [0.25, 0.3) is 0 Å². The Kier molecular flexibility index (Phi) is 4.92. The minimum atomic E-state index is -0.0729. The van der Waals surface area contributed by atoms with Gasteiger partial charge in [0.05, 0.1) is 12.1 Å². The topological polar surface area (TPSA) is 56.0 Å². The summed E-state index contributed by atoms with van der Waals surface area (Å²) in [4.78, 5) is 0. The van der Waals surface area contributed by atoms with Crippen LogP contribution in [0.15, 0.2) is 0 Å². The molecule has 0 aliphatic heterocycles. The molecule has 1 saturated carbocycles. The van der Waals surface area contributed by atoms with E-state index in [2.05, 4.69) is 11.4 Å². The third-order valence-electron chi connectivity index (χ3n) is 3.18. The van der Waals surface area contributed by atoms with E-state index in [1.807, 2.05) is 6.92 Å². The number of rotatable bonds is 4. The summed E-state index contributed by atoms with van der Waals surface area (Å²) in [6, 6.07) is 2.09. The Morgan fingerprint density at radius 1 is 1.43 bits per heavy atom. The lowest BCUT2D eigenvalue weighted by Crippen LogP contribution is -2.36. The molecule has 3 unspecified atom stereocenters. The first-order valence-electron chi connectivity index (χ1n) is 5.51. The maximum atomic E-state index is 9.19. The van der Waals surface area contributed by atoms with Gasteiger partial charge in [-0.2, -0.15) is 5.26 Å². The van der Waals surface area contributed by atoms with Crippen molar-refractivity contribution in [1.82, 2.24) is 5.32 Å².